The fourth-order valence-corrected chi connectivity index (χ4v) is 1.43. The summed E-state index contributed by atoms with van der Waals surface area (Å²) in [5.74, 6) is -0.617. The van der Waals surface area contributed by atoms with Crippen molar-refractivity contribution in [2.24, 2.45) is 15.8 Å². The van der Waals surface area contributed by atoms with E-state index in [0.29, 0.717) is 16.8 Å². The molecule has 1 aliphatic rings. The normalized spacial score (nSPS) is 12.8. The number of fused-ring (bicyclic) bond motifs is 1. The van der Waals surface area contributed by atoms with Crippen LogP contribution in [0.1, 0.15) is 20.7 Å². The summed E-state index contributed by atoms with van der Waals surface area (Å²) in [6.45, 7) is 0. The largest absolute Gasteiger partial charge is 0.350 e. The highest BCUT2D eigenvalue weighted by Crippen LogP contribution is 2.25. The van der Waals surface area contributed by atoms with Crippen molar-refractivity contribution in [2.75, 3.05) is 0 Å². The first-order chi connectivity index (χ1) is 8.58. The first-order valence-corrected chi connectivity index (χ1v) is 4.93. The zero-order valence-electron chi connectivity index (χ0n) is 9.08. The molecule has 0 unspecified atom stereocenters. The van der Waals surface area contributed by atoms with E-state index in [1.54, 1.807) is 0 Å². The minimum absolute atomic E-state index is 0.187. The molecule has 0 bridgehead atoms. The lowest BCUT2D eigenvalue weighted by Gasteiger charge is -1.99. The van der Waals surface area contributed by atoms with E-state index in [-0.39, 0.29) is 5.78 Å². The summed E-state index contributed by atoms with van der Waals surface area (Å²) in [6.07, 6.45) is 2.12. The molecule has 18 heavy (non-hydrogen) atoms. The molecule has 90 valence electrons. The summed E-state index contributed by atoms with van der Waals surface area (Å²) < 4.78 is 0. The number of aliphatic imine (C=N–C) groups is 1. The van der Waals surface area contributed by atoms with Gasteiger partial charge in [0, 0.05) is 11.1 Å². The van der Waals surface area contributed by atoms with E-state index in [1.807, 2.05) is 5.43 Å². The number of nitrogens with one attached hydrogen (secondary N) is 1. The van der Waals surface area contributed by atoms with E-state index in [4.69, 9.17) is 5.73 Å². The number of benzene rings is 1. The average molecular weight is 244 g/mol. The van der Waals surface area contributed by atoms with Crippen molar-refractivity contribution in [2.45, 2.75) is 0 Å². The molecule has 0 aliphatic carbocycles. The molecule has 3 N–H and O–H groups in total. The highest BCUT2D eigenvalue weighted by atomic mass is 16.2. The molecule has 0 spiro atoms. The van der Waals surface area contributed by atoms with E-state index in [1.165, 1.54) is 24.4 Å². The Labute approximate surface area is 101 Å². The molecule has 0 saturated carbocycles. The molecule has 2 amide bonds. The van der Waals surface area contributed by atoms with Crippen LogP contribution in [0.25, 0.3) is 0 Å². The van der Waals surface area contributed by atoms with Crippen molar-refractivity contribution in [1.29, 1.82) is 0 Å². The van der Waals surface area contributed by atoms with Gasteiger partial charge in [-0.15, -0.1) is 0 Å². The van der Waals surface area contributed by atoms with Crippen LogP contribution >= 0.6 is 0 Å². The summed E-state index contributed by atoms with van der Waals surface area (Å²) in [4.78, 5) is 37.1. The SMILES string of the molecule is NC(=O)NN=CC(=O)c1ccc2c(c1)N=CC2=O. The quantitative estimate of drug-likeness (QED) is 0.456. The Kier molecular flexibility index (Phi) is 2.96. The number of urea groups is 1. The van der Waals surface area contributed by atoms with Crippen LogP contribution in [0.2, 0.25) is 0 Å². The number of hydrazone groups is 1. The first kappa shape index (κ1) is 11.6. The number of nitrogens with two attached hydrogens (primary N) is 1. The Balaban J connectivity index is 2.18. The van der Waals surface area contributed by atoms with E-state index in [0.717, 1.165) is 6.21 Å². The van der Waals surface area contributed by atoms with Gasteiger partial charge < -0.3 is 5.73 Å². The van der Waals surface area contributed by atoms with Gasteiger partial charge in [0.05, 0.1) is 18.1 Å². The van der Waals surface area contributed by atoms with Crippen LogP contribution in [0.15, 0.2) is 28.3 Å². The van der Waals surface area contributed by atoms with Gasteiger partial charge in [-0.25, -0.2) is 10.2 Å². The van der Waals surface area contributed by atoms with Crippen molar-refractivity contribution < 1.29 is 14.4 Å². The number of ketones is 2. The van der Waals surface area contributed by atoms with Crippen molar-refractivity contribution in [3.8, 4) is 0 Å². The minimum atomic E-state index is -0.858. The van der Waals surface area contributed by atoms with E-state index in [9.17, 15) is 14.4 Å². The standard InChI is InChI=1S/C11H8N4O3/c12-11(18)15-14-5-9(16)6-1-2-7-8(3-6)13-4-10(7)17/h1-5H,(H3,12,15,18). The van der Waals surface area contributed by atoms with Gasteiger partial charge in [-0.3, -0.25) is 14.6 Å². The molecular formula is C11H8N4O3. The third-order valence-electron chi connectivity index (χ3n) is 2.23. The summed E-state index contributed by atoms with van der Waals surface area (Å²) in [6, 6.07) is 3.63. The zero-order chi connectivity index (χ0) is 13.1. The molecule has 7 nitrogen and oxygen atoms in total. The van der Waals surface area contributed by atoms with Gasteiger partial charge in [0.15, 0.2) is 0 Å². The lowest BCUT2D eigenvalue weighted by atomic mass is 10.1. The number of Topliss-reactive ketones (excluding diaryl/α,β-unsaturated/α-hetero) is 2. The van der Waals surface area contributed by atoms with Crippen molar-refractivity contribution in [3.05, 3.63) is 29.3 Å². The van der Waals surface area contributed by atoms with Crippen LogP contribution in [-0.2, 0) is 0 Å². The number of hydrogen-bond acceptors (Lipinski definition) is 5. The van der Waals surface area contributed by atoms with Crippen molar-refractivity contribution in [3.63, 3.8) is 0 Å². The molecule has 1 aromatic rings. The predicted molar refractivity (Wildman–Crippen MR) is 64.5 cm³/mol. The van der Waals surface area contributed by atoms with Gasteiger partial charge in [0.25, 0.3) is 0 Å². The van der Waals surface area contributed by atoms with Crippen LogP contribution in [0.3, 0.4) is 0 Å². The van der Waals surface area contributed by atoms with Gasteiger partial charge in [-0.1, -0.05) is 6.07 Å². The molecule has 2 rings (SSSR count). The maximum Gasteiger partial charge on any atom is 0.332 e. The second-order valence-electron chi connectivity index (χ2n) is 3.45. The molecule has 1 aliphatic heterocycles. The monoisotopic (exact) mass is 244 g/mol. The third-order valence-corrected chi connectivity index (χ3v) is 2.23. The third kappa shape index (κ3) is 2.29. The van der Waals surface area contributed by atoms with Crippen LogP contribution < -0.4 is 11.2 Å². The number of carbonyl (C=O) groups excluding carboxylic acids is 3. The number of rotatable bonds is 3. The minimum Gasteiger partial charge on any atom is -0.350 e. The second-order valence-corrected chi connectivity index (χ2v) is 3.45. The molecular weight excluding hydrogens is 236 g/mol. The van der Waals surface area contributed by atoms with Crippen LogP contribution in [-0.4, -0.2) is 30.0 Å². The van der Waals surface area contributed by atoms with Gasteiger partial charge in [0.2, 0.25) is 11.6 Å². The Hall–Kier alpha value is -2.83. The van der Waals surface area contributed by atoms with Crippen molar-refractivity contribution in [1.82, 2.24) is 5.43 Å². The van der Waals surface area contributed by atoms with E-state index >= 15 is 0 Å². The summed E-state index contributed by atoms with van der Waals surface area (Å²) in [5, 5.41) is 3.35. The zero-order valence-corrected chi connectivity index (χ0v) is 9.08. The Morgan fingerprint density at radius 3 is 2.89 bits per heavy atom. The Morgan fingerprint density at radius 1 is 1.39 bits per heavy atom. The predicted octanol–water partition coefficient (Wildman–Crippen LogP) is 0.422. The van der Waals surface area contributed by atoms with Crippen molar-refractivity contribution >= 4 is 35.7 Å². The number of amides is 2. The number of carbonyl (C=O) groups is 3. The molecule has 1 heterocycles. The maximum absolute atomic E-state index is 11.6. The lowest BCUT2D eigenvalue weighted by Crippen LogP contribution is -2.24. The van der Waals surface area contributed by atoms with Crippen LogP contribution in [0.4, 0.5) is 10.5 Å². The van der Waals surface area contributed by atoms with E-state index < -0.39 is 11.8 Å². The number of hydrogen-bond donors (Lipinski definition) is 2. The second kappa shape index (κ2) is 4.58. The van der Waals surface area contributed by atoms with Crippen LogP contribution in [0.5, 0.6) is 0 Å². The highest BCUT2D eigenvalue weighted by molar-refractivity contribution is 6.40. The number of nitrogens with zero attached hydrogens (tertiary/aromatic N) is 2. The summed E-state index contributed by atoms with van der Waals surface area (Å²) in [7, 11) is 0. The smallest absolute Gasteiger partial charge is 0.332 e. The van der Waals surface area contributed by atoms with Crippen LogP contribution in [0, 0.1) is 0 Å². The Bertz CT molecular complexity index is 604. The van der Waals surface area contributed by atoms with Gasteiger partial charge >= 0.3 is 6.03 Å². The summed E-state index contributed by atoms with van der Waals surface area (Å²) in [5.41, 5.74) is 7.90. The molecule has 0 atom stereocenters. The Morgan fingerprint density at radius 2 is 2.17 bits per heavy atom. The van der Waals surface area contributed by atoms with Gasteiger partial charge in [0.1, 0.15) is 0 Å². The van der Waals surface area contributed by atoms with E-state index in [2.05, 4.69) is 10.1 Å². The molecule has 0 radical (unpaired) electrons. The first-order valence-electron chi connectivity index (χ1n) is 4.93. The fourth-order valence-electron chi connectivity index (χ4n) is 1.43. The van der Waals surface area contributed by atoms with Gasteiger partial charge in [-0.05, 0) is 12.1 Å². The molecule has 0 aromatic heterocycles. The molecule has 7 heteroatoms. The molecule has 1 aromatic carbocycles. The van der Waals surface area contributed by atoms with Gasteiger partial charge in [-0.2, -0.15) is 5.10 Å². The molecule has 0 saturated heterocycles. The summed E-state index contributed by atoms with van der Waals surface area (Å²) >= 11 is 0. The fraction of sp³-hybridized carbons (Fsp3) is 0. The highest BCUT2D eigenvalue weighted by Gasteiger charge is 2.16. The average Bonchev–Trinajstić information content (AvgIpc) is 2.70. The molecule has 0 fully saturated rings. The lowest BCUT2D eigenvalue weighted by molar-refractivity contribution is 0.106. The topological polar surface area (TPSA) is 114 Å². The number of primary amides is 1. The maximum atomic E-state index is 11.6.